The second-order valence-electron chi connectivity index (χ2n) is 11.5. The van der Waals surface area contributed by atoms with Crippen LogP contribution in [-0.2, 0) is 4.74 Å². The first kappa shape index (κ1) is 31.7. The van der Waals surface area contributed by atoms with Gasteiger partial charge in [0.2, 0.25) is 0 Å². The van der Waals surface area contributed by atoms with Crippen LogP contribution in [0.15, 0.2) is 55.0 Å². The maximum atomic E-state index is 13.7. The van der Waals surface area contributed by atoms with Crippen molar-refractivity contribution in [3.05, 3.63) is 83.4 Å². The van der Waals surface area contributed by atoms with E-state index in [9.17, 15) is 18.4 Å². The summed E-state index contributed by atoms with van der Waals surface area (Å²) in [6.07, 6.45) is 3.98. The molecule has 5 rings (SSSR count). The molecule has 2 amide bonds. The highest BCUT2D eigenvalue weighted by Gasteiger charge is 2.22. The van der Waals surface area contributed by atoms with E-state index in [0.717, 1.165) is 17.7 Å². The van der Waals surface area contributed by atoms with Crippen molar-refractivity contribution in [2.45, 2.75) is 52.3 Å². The second-order valence-corrected chi connectivity index (χ2v) is 11.5. The SMILES string of the molecule is C[C@H](NC(=O)c1nc(N)cnc1N[C@H](C)c1ccc(-c2cnc3[nH]nc(NC(=O)OC(C)(C)C)c3c2)nc1)c1ccc(F)c(F)c1. The number of ether oxygens (including phenoxy) is 1. The van der Waals surface area contributed by atoms with E-state index in [2.05, 4.69) is 46.1 Å². The van der Waals surface area contributed by atoms with Gasteiger partial charge in [0.1, 0.15) is 11.4 Å². The molecule has 0 unspecified atom stereocenters. The van der Waals surface area contributed by atoms with Gasteiger partial charge in [0.25, 0.3) is 5.91 Å². The quantitative estimate of drug-likeness (QED) is 0.143. The maximum absolute atomic E-state index is 13.7. The lowest BCUT2D eigenvalue weighted by Crippen LogP contribution is -2.29. The van der Waals surface area contributed by atoms with E-state index in [1.54, 1.807) is 46.2 Å². The highest BCUT2D eigenvalue weighted by atomic mass is 19.2. The molecule has 0 radical (unpaired) electrons. The Morgan fingerprint density at radius 2 is 1.67 bits per heavy atom. The normalized spacial score (nSPS) is 12.8. The zero-order valence-electron chi connectivity index (χ0n) is 25.6. The number of aromatic amines is 1. The number of hydrogen-bond acceptors (Lipinski definition) is 10. The average Bonchev–Trinajstić information content (AvgIpc) is 3.39. The van der Waals surface area contributed by atoms with E-state index in [1.165, 1.54) is 12.3 Å². The van der Waals surface area contributed by atoms with Gasteiger partial charge in [-0.15, -0.1) is 0 Å². The number of aromatic nitrogens is 6. The lowest BCUT2D eigenvalue weighted by atomic mass is 10.1. The number of nitrogens with one attached hydrogen (secondary N) is 4. The summed E-state index contributed by atoms with van der Waals surface area (Å²) in [5.41, 5.74) is 8.01. The number of amides is 2. The Bertz CT molecular complexity index is 1910. The molecule has 0 saturated heterocycles. The molecule has 0 spiro atoms. The number of H-pyrrole nitrogens is 1. The largest absolute Gasteiger partial charge is 0.444 e. The van der Waals surface area contributed by atoms with Crippen LogP contribution in [0.25, 0.3) is 22.3 Å². The number of hydrogen-bond donors (Lipinski definition) is 5. The molecule has 2 atom stereocenters. The third-order valence-corrected chi connectivity index (χ3v) is 6.77. The lowest BCUT2D eigenvalue weighted by molar-refractivity contribution is 0.0635. The van der Waals surface area contributed by atoms with Crippen LogP contribution >= 0.6 is 0 Å². The predicted molar refractivity (Wildman–Crippen MR) is 168 cm³/mol. The van der Waals surface area contributed by atoms with Crippen LogP contribution < -0.4 is 21.7 Å². The minimum atomic E-state index is -1.02. The van der Waals surface area contributed by atoms with Crippen LogP contribution in [0.3, 0.4) is 0 Å². The lowest BCUT2D eigenvalue weighted by Gasteiger charge is -2.19. The fourth-order valence-electron chi connectivity index (χ4n) is 4.46. The van der Waals surface area contributed by atoms with Gasteiger partial charge in [-0.25, -0.2) is 28.5 Å². The molecule has 0 aliphatic rings. The molecule has 46 heavy (non-hydrogen) atoms. The van der Waals surface area contributed by atoms with Crippen LogP contribution in [0.1, 0.15) is 68.3 Å². The molecule has 4 aromatic heterocycles. The number of halogens is 2. The molecule has 0 aliphatic heterocycles. The first-order chi connectivity index (χ1) is 21.8. The number of nitrogens with zero attached hydrogens (tertiary/aromatic N) is 5. The molecule has 0 bridgehead atoms. The third-order valence-electron chi connectivity index (χ3n) is 6.77. The van der Waals surface area contributed by atoms with Crippen molar-refractivity contribution in [1.29, 1.82) is 0 Å². The molecule has 13 nitrogen and oxygen atoms in total. The van der Waals surface area contributed by atoms with Gasteiger partial charge in [0, 0.05) is 18.0 Å². The smallest absolute Gasteiger partial charge is 0.413 e. The van der Waals surface area contributed by atoms with E-state index in [4.69, 9.17) is 10.5 Å². The van der Waals surface area contributed by atoms with Crippen molar-refractivity contribution in [1.82, 2.24) is 35.5 Å². The summed E-state index contributed by atoms with van der Waals surface area (Å²) >= 11 is 0. The topological polar surface area (TPSA) is 186 Å². The van der Waals surface area contributed by atoms with E-state index in [-0.39, 0.29) is 29.2 Å². The van der Waals surface area contributed by atoms with E-state index in [0.29, 0.717) is 27.9 Å². The summed E-state index contributed by atoms with van der Waals surface area (Å²) in [6, 6.07) is 7.84. The molecule has 15 heteroatoms. The molecule has 5 aromatic rings. The maximum Gasteiger partial charge on any atom is 0.413 e. The molecule has 0 fully saturated rings. The zero-order valence-corrected chi connectivity index (χ0v) is 25.6. The van der Waals surface area contributed by atoms with E-state index >= 15 is 0 Å². The van der Waals surface area contributed by atoms with Crippen molar-refractivity contribution in [3.63, 3.8) is 0 Å². The van der Waals surface area contributed by atoms with Crippen LogP contribution in [0, 0.1) is 11.6 Å². The number of anilines is 3. The van der Waals surface area contributed by atoms with Gasteiger partial charge >= 0.3 is 6.09 Å². The monoisotopic (exact) mass is 630 g/mol. The van der Waals surface area contributed by atoms with Gasteiger partial charge < -0.3 is 21.1 Å². The number of nitrogens with two attached hydrogens (primary N) is 1. The van der Waals surface area contributed by atoms with Gasteiger partial charge in [0.15, 0.2) is 34.6 Å². The molecule has 1 aromatic carbocycles. The Balaban J connectivity index is 1.30. The standard InChI is InChI=1S/C31H32F2N10O3/c1-15(17-6-8-21(32)22(33)11-17)39-29(44)25-28(37-14-24(34)40-25)38-16(2)18-7-9-23(35-12-18)19-10-20-26(36-13-19)42-43-27(20)41-30(45)46-31(3,4)5/h6-16H,1-5H3,(H2,34,40)(H,37,38)(H,39,44)(H2,36,41,42,43,45)/t15-,16+/m0/s1. The van der Waals surface area contributed by atoms with Crippen molar-refractivity contribution in [3.8, 4) is 11.3 Å². The van der Waals surface area contributed by atoms with Crippen molar-refractivity contribution < 1.29 is 23.1 Å². The van der Waals surface area contributed by atoms with Gasteiger partial charge in [-0.1, -0.05) is 12.1 Å². The Morgan fingerprint density at radius 1 is 0.913 bits per heavy atom. The summed E-state index contributed by atoms with van der Waals surface area (Å²) in [5, 5.41) is 16.0. The molecule has 0 saturated carbocycles. The number of pyridine rings is 2. The Hall–Kier alpha value is -5.73. The summed E-state index contributed by atoms with van der Waals surface area (Å²) in [7, 11) is 0. The summed E-state index contributed by atoms with van der Waals surface area (Å²) in [6.45, 7) is 8.78. The Labute approximate surface area is 262 Å². The van der Waals surface area contributed by atoms with Crippen LogP contribution in [0.5, 0.6) is 0 Å². The number of nitrogen functional groups attached to an aromatic ring is 1. The molecular weight excluding hydrogens is 598 g/mol. The highest BCUT2D eigenvalue weighted by molar-refractivity contribution is 5.98. The minimum Gasteiger partial charge on any atom is -0.444 e. The van der Waals surface area contributed by atoms with Gasteiger partial charge in [-0.05, 0) is 70.0 Å². The van der Waals surface area contributed by atoms with Crippen LogP contribution in [-0.4, -0.2) is 47.7 Å². The van der Waals surface area contributed by atoms with E-state index in [1.807, 2.05) is 19.1 Å². The zero-order chi connectivity index (χ0) is 33.2. The van der Waals surface area contributed by atoms with Gasteiger partial charge in [-0.3, -0.25) is 20.2 Å². The number of fused-ring (bicyclic) bond motifs is 1. The van der Waals surface area contributed by atoms with Crippen molar-refractivity contribution >= 4 is 40.5 Å². The Morgan fingerprint density at radius 3 is 2.37 bits per heavy atom. The molecular formula is C31H32F2N10O3. The number of benzene rings is 1. The molecule has 0 aliphatic carbocycles. The third kappa shape index (κ3) is 7.31. The average molecular weight is 631 g/mol. The van der Waals surface area contributed by atoms with E-state index < -0.39 is 35.3 Å². The first-order valence-electron chi connectivity index (χ1n) is 14.2. The molecule has 238 valence electrons. The number of carbonyl (C=O) groups excluding carboxylic acids is 2. The molecule has 4 heterocycles. The van der Waals surface area contributed by atoms with Crippen LogP contribution in [0.4, 0.5) is 31.0 Å². The molecule has 6 N–H and O–H groups in total. The number of rotatable bonds is 8. The van der Waals surface area contributed by atoms with Crippen molar-refractivity contribution in [2.24, 2.45) is 0 Å². The van der Waals surface area contributed by atoms with Gasteiger partial charge in [-0.2, -0.15) is 5.10 Å². The van der Waals surface area contributed by atoms with Gasteiger partial charge in [0.05, 0.1) is 29.4 Å². The summed E-state index contributed by atoms with van der Waals surface area (Å²) < 4.78 is 32.4. The number of carbonyl (C=O) groups is 2. The Kier molecular flexibility index (Phi) is 8.76. The highest BCUT2D eigenvalue weighted by Crippen LogP contribution is 2.27. The fourth-order valence-corrected chi connectivity index (χ4v) is 4.46. The summed E-state index contributed by atoms with van der Waals surface area (Å²) in [5.74, 6) is -2.14. The van der Waals surface area contributed by atoms with Crippen molar-refractivity contribution in [2.75, 3.05) is 16.4 Å². The first-order valence-corrected chi connectivity index (χ1v) is 14.2. The van der Waals surface area contributed by atoms with Crippen LogP contribution in [0.2, 0.25) is 0 Å². The predicted octanol–water partition coefficient (Wildman–Crippen LogP) is 5.68. The second kappa shape index (κ2) is 12.7. The fraction of sp³-hybridized carbons (Fsp3) is 0.258. The minimum absolute atomic E-state index is 0.0301. The summed E-state index contributed by atoms with van der Waals surface area (Å²) in [4.78, 5) is 42.8.